The molecule has 5 heteroatoms. The topological polar surface area (TPSA) is 61.8 Å². The standard InChI is InChI=1S/C20H30N2O3/c1-14(2)21-20(24)19-18(23)8-7-17(25-19)10-12-22-11-9-15-5-3-4-6-16(15)13-22/h3-6,14,17-19,23H,7-13H2,1-2H3,(H,21,24). The van der Waals surface area contributed by atoms with E-state index < -0.39 is 12.2 Å². The molecule has 0 spiro atoms. The number of rotatable bonds is 5. The summed E-state index contributed by atoms with van der Waals surface area (Å²) in [5.74, 6) is -0.195. The summed E-state index contributed by atoms with van der Waals surface area (Å²) in [7, 11) is 0. The SMILES string of the molecule is CC(C)NC(=O)C1OC(CCN2CCc3ccccc3C2)CCC1O. The van der Waals surface area contributed by atoms with Crippen molar-refractivity contribution in [2.24, 2.45) is 0 Å². The molecule has 0 bridgehead atoms. The van der Waals surface area contributed by atoms with Crippen LogP contribution in [0.5, 0.6) is 0 Å². The molecule has 1 aromatic rings. The fourth-order valence-corrected chi connectivity index (χ4v) is 3.76. The number of nitrogens with one attached hydrogen (secondary N) is 1. The Bertz CT molecular complexity index is 590. The number of carbonyl (C=O) groups excluding carboxylic acids is 1. The molecule has 2 aliphatic heterocycles. The molecular formula is C20H30N2O3. The average Bonchev–Trinajstić information content (AvgIpc) is 2.60. The van der Waals surface area contributed by atoms with Gasteiger partial charge in [-0.05, 0) is 50.7 Å². The zero-order chi connectivity index (χ0) is 17.8. The fraction of sp³-hybridized carbons (Fsp3) is 0.650. The predicted molar refractivity (Wildman–Crippen MR) is 97.2 cm³/mol. The Morgan fingerprint density at radius 2 is 2.08 bits per heavy atom. The Balaban J connectivity index is 1.49. The lowest BCUT2D eigenvalue weighted by Crippen LogP contribution is -2.50. The molecule has 2 N–H and O–H groups in total. The second-order valence-corrected chi connectivity index (χ2v) is 7.57. The van der Waals surface area contributed by atoms with E-state index in [-0.39, 0.29) is 18.1 Å². The molecule has 2 aliphatic rings. The molecule has 0 saturated carbocycles. The molecule has 0 aliphatic carbocycles. The highest BCUT2D eigenvalue weighted by Crippen LogP contribution is 2.24. The van der Waals surface area contributed by atoms with Crippen LogP contribution in [-0.4, -0.2) is 53.4 Å². The van der Waals surface area contributed by atoms with Gasteiger partial charge >= 0.3 is 0 Å². The number of benzene rings is 1. The van der Waals surface area contributed by atoms with Gasteiger partial charge in [0.25, 0.3) is 5.91 Å². The summed E-state index contributed by atoms with van der Waals surface area (Å²) in [6.07, 6.45) is 2.06. The van der Waals surface area contributed by atoms with Crippen LogP contribution in [0.1, 0.15) is 44.2 Å². The second kappa shape index (κ2) is 8.30. The van der Waals surface area contributed by atoms with Crippen LogP contribution >= 0.6 is 0 Å². The fourth-order valence-electron chi connectivity index (χ4n) is 3.76. The van der Waals surface area contributed by atoms with Gasteiger partial charge in [-0.15, -0.1) is 0 Å². The highest BCUT2D eigenvalue weighted by molar-refractivity contribution is 5.81. The third-order valence-electron chi connectivity index (χ3n) is 5.14. The highest BCUT2D eigenvalue weighted by Gasteiger charge is 2.35. The first-order chi connectivity index (χ1) is 12.0. The van der Waals surface area contributed by atoms with Gasteiger partial charge in [0, 0.05) is 25.7 Å². The van der Waals surface area contributed by atoms with Crippen LogP contribution in [0.25, 0.3) is 0 Å². The van der Waals surface area contributed by atoms with Gasteiger partial charge in [-0.2, -0.15) is 0 Å². The van der Waals surface area contributed by atoms with Crippen LogP contribution in [0.4, 0.5) is 0 Å². The quantitative estimate of drug-likeness (QED) is 0.854. The minimum Gasteiger partial charge on any atom is -0.390 e. The van der Waals surface area contributed by atoms with Crippen molar-refractivity contribution in [3.63, 3.8) is 0 Å². The van der Waals surface area contributed by atoms with Crippen LogP contribution in [0.2, 0.25) is 0 Å². The maximum atomic E-state index is 12.2. The van der Waals surface area contributed by atoms with Crippen molar-refractivity contribution in [1.29, 1.82) is 0 Å². The van der Waals surface area contributed by atoms with Gasteiger partial charge in [-0.3, -0.25) is 9.69 Å². The van der Waals surface area contributed by atoms with Crippen molar-refractivity contribution in [3.05, 3.63) is 35.4 Å². The summed E-state index contributed by atoms with van der Waals surface area (Å²) in [6.45, 7) is 6.86. The molecule has 5 nitrogen and oxygen atoms in total. The number of aliphatic hydroxyl groups excluding tert-OH is 1. The van der Waals surface area contributed by atoms with Crippen molar-refractivity contribution in [2.75, 3.05) is 13.1 Å². The van der Waals surface area contributed by atoms with E-state index in [1.807, 2.05) is 13.8 Å². The lowest BCUT2D eigenvalue weighted by molar-refractivity contribution is -0.159. The molecule has 25 heavy (non-hydrogen) atoms. The average molecular weight is 346 g/mol. The molecular weight excluding hydrogens is 316 g/mol. The van der Waals surface area contributed by atoms with Gasteiger partial charge in [-0.25, -0.2) is 0 Å². The summed E-state index contributed by atoms with van der Waals surface area (Å²) in [5, 5.41) is 12.9. The number of hydrogen-bond acceptors (Lipinski definition) is 4. The van der Waals surface area contributed by atoms with E-state index in [0.717, 1.165) is 38.9 Å². The smallest absolute Gasteiger partial charge is 0.252 e. The summed E-state index contributed by atoms with van der Waals surface area (Å²) in [4.78, 5) is 14.7. The third kappa shape index (κ3) is 4.81. The van der Waals surface area contributed by atoms with Crippen molar-refractivity contribution in [1.82, 2.24) is 10.2 Å². The van der Waals surface area contributed by atoms with Gasteiger partial charge in [-0.1, -0.05) is 24.3 Å². The van der Waals surface area contributed by atoms with Gasteiger partial charge in [0.2, 0.25) is 0 Å². The van der Waals surface area contributed by atoms with Crippen molar-refractivity contribution in [2.45, 2.75) is 70.4 Å². The number of nitrogens with zero attached hydrogens (tertiary/aromatic N) is 1. The third-order valence-corrected chi connectivity index (χ3v) is 5.14. The van der Waals surface area contributed by atoms with Crippen molar-refractivity contribution >= 4 is 5.91 Å². The Kier molecular flexibility index (Phi) is 6.10. The van der Waals surface area contributed by atoms with E-state index in [1.54, 1.807) is 0 Å². The summed E-state index contributed by atoms with van der Waals surface area (Å²) < 4.78 is 5.93. The first-order valence-corrected chi connectivity index (χ1v) is 9.46. The molecule has 0 aromatic heterocycles. The van der Waals surface area contributed by atoms with Gasteiger partial charge in [0.1, 0.15) is 0 Å². The van der Waals surface area contributed by atoms with E-state index in [0.29, 0.717) is 6.42 Å². The molecule has 0 radical (unpaired) electrons. The van der Waals surface area contributed by atoms with Crippen LogP contribution in [-0.2, 0) is 22.5 Å². The largest absolute Gasteiger partial charge is 0.390 e. The Labute approximate surface area is 150 Å². The second-order valence-electron chi connectivity index (χ2n) is 7.57. The Morgan fingerprint density at radius 3 is 2.84 bits per heavy atom. The predicted octanol–water partition coefficient (Wildman–Crippen LogP) is 1.87. The number of amides is 1. The monoisotopic (exact) mass is 346 g/mol. The van der Waals surface area contributed by atoms with Gasteiger partial charge < -0.3 is 15.2 Å². The highest BCUT2D eigenvalue weighted by atomic mass is 16.5. The Morgan fingerprint density at radius 1 is 1.32 bits per heavy atom. The maximum absolute atomic E-state index is 12.2. The number of fused-ring (bicyclic) bond motifs is 1. The van der Waals surface area contributed by atoms with E-state index in [4.69, 9.17) is 4.74 Å². The van der Waals surface area contributed by atoms with E-state index >= 15 is 0 Å². The molecule has 138 valence electrons. The summed E-state index contributed by atoms with van der Waals surface area (Å²) >= 11 is 0. The van der Waals surface area contributed by atoms with Gasteiger partial charge in [0.15, 0.2) is 6.10 Å². The normalized spacial score (nSPS) is 27.1. The van der Waals surface area contributed by atoms with Crippen LogP contribution in [0.3, 0.4) is 0 Å². The minimum atomic E-state index is -0.733. The molecule has 1 fully saturated rings. The zero-order valence-electron chi connectivity index (χ0n) is 15.3. The minimum absolute atomic E-state index is 0.0449. The number of carbonyl (C=O) groups is 1. The lowest BCUT2D eigenvalue weighted by atomic mass is 9.97. The van der Waals surface area contributed by atoms with E-state index in [1.165, 1.54) is 11.1 Å². The number of aliphatic hydroxyl groups is 1. The van der Waals surface area contributed by atoms with Crippen LogP contribution in [0.15, 0.2) is 24.3 Å². The number of ether oxygens (including phenoxy) is 1. The maximum Gasteiger partial charge on any atom is 0.252 e. The first-order valence-electron chi connectivity index (χ1n) is 9.46. The summed E-state index contributed by atoms with van der Waals surface area (Å²) in [5.41, 5.74) is 2.88. The van der Waals surface area contributed by atoms with E-state index in [9.17, 15) is 9.90 Å². The Hall–Kier alpha value is -1.43. The molecule has 1 aromatic carbocycles. The van der Waals surface area contributed by atoms with Gasteiger partial charge in [0.05, 0.1) is 12.2 Å². The molecule has 1 amide bonds. The lowest BCUT2D eigenvalue weighted by Gasteiger charge is -2.35. The summed E-state index contributed by atoms with van der Waals surface area (Å²) in [6, 6.07) is 8.69. The van der Waals surface area contributed by atoms with Crippen LogP contribution in [0, 0.1) is 0 Å². The molecule has 1 saturated heterocycles. The first kappa shape index (κ1) is 18.4. The molecule has 3 atom stereocenters. The van der Waals surface area contributed by atoms with Crippen molar-refractivity contribution < 1.29 is 14.6 Å². The van der Waals surface area contributed by atoms with Crippen molar-refractivity contribution in [3.8, 4) is 0 Å². The molecule has 3 rings (SSSR count). The van der Waals surface area contributed by atoms with Crippen LogP contribution < -0.4 is 5.32 Å². The van der Waals surface area contributed by atoms with E-state index in [2.05, 4.69) is 34.5 Å². The molecule has 3 unspecified atom stereocenters. The molecule has 2 heterocycles. The zero-order valence-corrected chi connectivity index (χ0v) is 15.3. The number of hydrogen-bond donors (Lipinski definition) is 2.